The van der Waals surface area contributed by atoms with Gasteiger partial charge in [-0.05, 0) is 50.0 Å². The predicted molar refractivity (Wildman–Crippen MR) is 88.9 cm³/mol. The fraction of sp³-hybridized carbons (Fsp3) is 0.600. The van der Waals surface area contributed by atoms with Crippen molar-refractivity contribution in [3.63, 3.8) is 0 Å². The van der Waals surface area contributed by atoms with Crippen molar-refractivity contribution < 1.29 is 4.74 Å². The van der Waals surface area contributed by atoms with Crippen LogP contribution in [-0.4, -0.2) is 42.4 Å². The minimum Gasteiger partial charge on any atom is -0.376 e. The molecule has 3 rings (SSSR count). The quantitative estimate of drug-likeness (QED) is 0.831. The molecule has 0 aliphatic carbocycles. The summed E-state index contributed by atoms with van der Waals surface area (Å²) in [5, 5.41) is 6.99. The zero-order valence-electron chi connectivity index (χ0n) is 12.2. The van der Waals surface area contributed by atoms with Crippen LogP contribution in [0, 0.1) is 0 Å². The number of hydrogen-bond acceptors (Lipinski definition) is 4. The first-order valence-electron chi connectivity index (χ1n) is 7.69. The average molecular weight is 306 g/mol. The Morgan fingerprint density at radius 2 is 2.19 bits per heavy atom. The minimum absolute atomic E-state index is 0.292. The van der Waals surface area contributed by atoms with Gasteiger partial charge in [0.1, 0.15) is 5.82 Å². The van der Waals surface area contributed by atoms with Crippen LogP contribution in [0.3, 0.4) is 0 Å². The highest BCUT2D eigenvalue weighted by Gasteiger charge is 2.15. The molecule has 2 aliphatic heterocycles. The zero-order chi connectivity index (χ0) is 14.5. The predicted octanol–water partition coefficient (Wildman–Crippen LogP) is 2.15. The van der Waals surface area contributed by atoms with Gasteiger partial charge >= 0.3 is 0 Å². The molecular formula is C15H22N4OS. The number of aromatic nitrogens is 1. The lowest BCUT2D eigenvalue weighted by atomic mass is 10.2. The molecule has 0 unspecified atom stereocenters. The summed E-state index contributed by atoms with van der Waals surface area (Å²) in [7, 11) is 0. The Morgan fingerprint density at radius 1 is 1.33 bits per heavy atom. The molecule has 2 aliphatic rings. The summed E-state index contributed by atoms with van der Waals surface area (Å²) in [5.41, 5.74) is 0.919. The third-order valence-electron chi connectivity index (χ3n) is 3.95. The van der Waals surface area contributed by atoms with Gasteiger partial charge in [0, 0.05) is 26.2 Å². The SMILES string of the molecule is S=C(NC[C@@H]1CCCO1)Nc1ccc(N2CCCC2)nc1. The van der Waals surface area contributed by atoms with Gasteiger partial charge in [-0.15, -0.1) is 0 Å². The molecule has 0 radical (unpaired) electrons. The van der Waals surface area contributed by atoms with Crippen LogP contribution >= 0.6 is 12.2 Å². The fourth-order valence-electron chi connectivity index (χ4n) is 2.78. The molecule has 3 heterocycles. The second-order valence-corrected chi connectivity index (χ2v) is 5.98. The Hall–Kier alpha value is -1.40. The Morgan fingerprint density at radius 3 is 2.86 bits per heavy atom. The maximum Gasteiger partial charge on any atom is 0.170 e. The molecule has 2 saturated heterocycles. The van der Waals surface area contributed by atoms with E-state index in [9.17, 15) is 0 Å². The second-order valence-electron chi connectivity index (χ2n) is 5.57. The van der Waals surface area contributed by atoms with Crippen molar-refractivity contribution in [2.24, 2.45) is 0 Å². The van der Waals surface area contributed by atoms with Gasteiger partial charge < -0.3 is 20.3 Å². The molecule has 1 aromatic heterocycles. The van der Waals surface area contributed by atoms with Crippen LogP contribution < -0.4 is 15.5 Å². The summed E-state index contributed by atoms with van der Waals surface area (Å²) >= 11 is 5.29. The van der Waals surface area contributed by atoms with Gasteiger partial charge in [0.05, 0.1) is 18.0 Å². The molecule has 0 aromatic carbocycles. The zero-order valence-corrected chi connectivity index (χ0v) is 13.0. The lowest BCUT2D eigenvalue weighted by Crippen LogP contribution is -2.34. The number of thiocarbonyl (C=S) groups is 1. The summed E-state index contributed by atoms with van der Waals surface area (Å²) < 4.78 is 5.56. The molecule has 2 N–H and O–H groups in total. The third kappa shape index (κ3) is 4.04. The molecule has 0 saturated carbocycles. The first-order valence-corrected chi connectivity index (χ1v) is 8.09. The molecule has 1 atom stereocenters. The normalized spacial score (nSPS) is 21.5. The summed E-state index contributed by atoms with van der Waals surface area (Å²) in [6.07, 6.45) is 6.92. The number of anilines is 2. The molecule has 0 bridgehead atoms. The molecule has 21 heavy (non-hydrogen) atoms. The Kier molecular flexibility index (Phi) is 4.87. The van der Waals surface area contributed by atoms with Gasteiger partial charge in [-0.2, -0.15) is 0 Å². The van der Waals surface area contributed by atoms with E-state index in [0.29, 0.717) is 11.2 Å². The van der Waals surface area contributed by atoms with Crippen molar-refractivity contribution in [3.05, 3.63) is 18.3 Å². The second kappa shape index (κ2) is 7.04. The highest BCUT2D eigenvalue weighted by atomic mass is 32.1. The maximum atomic E-state index is 5.56. The monoisotopic (exact) mass is 306 g/mol. The van der Waals surface area contributed by atoms with E-state index in [0.717, 1.165) is 50.6 Å². The highest BCUT2D eigenvalue weighted by molar-refractivity contribution is 7.80. The molecular weight excluding hydrogens is 284 g/mol. The van der Waals surface area contributed by atoms with Gasteiger partial charge in [0.25, 0.3) is 0 Å². The van der Waals surface area contributed by atoms with Crippen LogP contribution in [0.1, 0.15) is 25.7 Å². The summed E-state index contributed by atoms with van der Waals surface area (Å²) in [6.45, 7) is 3.86. The van der Waals surface area contributed by atoms with Gasteiger partial charge in [-0.1, -0.05) is 0 Å². The van der Waals surface area contributed by atoms with E-state index in [2.05, 4.69) is 26.6 Å². The van der Waals surface area contributed by atoms with E-state index in [-0.39, 0.29) is 0 Å². The Bertz CT molecular complexity index is 467. The number of hydrogen-bond donors (Lipinski definition) is 2. The van der Waals surface area contributed by atoms with Gasteiger partial charge in [-0.3, -0.25) is 0 Å². The first-order chi connectivity index (χ1) is 10.3. The minimum atomic E-state index is 0.292. The van der Waals surface area contributed by atoms with Crippen LogP contribution in [-0.2, 0) is 4.74 Å². The lowest BCUT2D eigenvalue weighted by Gasteiger charge is -2.17. The van der Waals surface area contributed by atoms with E-state index >= 15 is 0 Å². The van der Waals surface area contributed by atoms with Gasteiger partial charge in [0.15, 0.2) is 5.11 Å². The van der Waals surface area contributed by atoms with E-state index < -0.39 is 0 Å². The standard InChI is InChI=1S/C15H22N4OS/c21-15(17-11-13-4-3-9-20-13)18-12-5-6-14(16-10-12)19-7-1-2-8-19/h5-6,10,13H,1-4,7-9,11H2,(H2,17,18,21)/t13-/m0/s1. The van der Waals surface area contributed by atoms with Crippen LogP contribution in [0.15, 0.2) is 18.3 Å². The van der Waals surface area contributed by atoms with Crippen LogP contribution in [0.4, 0.5) is 11.5 Å². The molecule has 2 fully saturated rings. The van der Waals surface area contributed by atoms with E-state index in [1.807, 2.05) is 12.3 Å². The van der Waals surface area contributed by atoms with E-state index in [1.165, 1.54) is 12.8 Å². The lowest BCUT2D eigenvalue weighted by molar-refractivity contribution is 0.114. The molecule has 6 heteroatoms. The van der Waals surface area contributed by atoms with Crippen LogP contribution in [0.25, 0.3) is 0 Å². The van der Waals surface area contributed by atoms with Crippen LogP contribution in [0.5, 0.6) is 0 Å². The fourth-order valence-corrected chi connectivity index (χ4v) is 2.98. The van der Waals surface area contributed by atoms with Crippen molar-refractivity contribution in [1.29, 1.82) is 0 Å². The molecule has 0 amide bonds. The third-order valence-corrected chi connectivity index (χ3v) is 4.20. The molecule has 5 nitrogen and oxygen atoms in total. The smallest absolute Gasteiger partial charge is 0.170 e. The van der Waals surface area contributed by atoms with Gasteiger partial charge in [-0.25, -0.2) is 4.98 Å². The largest absolute Gasteiger partial charge is 0.376 e. The van der Waals surface area contributed by atoms with Crippen molar-refractivity contribution >= 4 is 28.8 Å². The van der Waals surface area contributed by atoms with E-state index in [4.69, 9.17) is 17.0 Å². The number of rotatable bonds is 4. The molecule has 1 aromatic rings. The number of pyridine rings is 1. The van der Waals surface area contributed by atoms with Crippen molar-refractivity contribution in [1.82, 2.24) is 10.3 Å². The number of nitrogens with one attached hydrogen (secondary N) is 2. The van der Waals surface area contributed by atoms with Crippen molar-refractivity contribution in [3.8, 4) is 0 Å². The van der Waals surface area contributed by atoms with Gasteiger partial charge in [0.2, 0.25) is 0 Å². The topological polar surface area (TPSA) is 49.4 Å². The Balaban J connectivity index is 1.46. The first kappa shape index (κ1) is 14.5. The Labute approximate surface area is 131 Å². The van der Waals surface area contributed by atoms with Crippen LogP contribution in [0.2, 0.25) is 0 Å². The van der Waals surface area contributed by atoms with Crippen molar-refractivity contribution in [2.75, 3.05) is 36.5 Å². The maximum absolute atomic E-state index is 5.56. The molecule has 114 valence electrons. The number of nitrogens with zero attached hydrogens (tertiary/aromatic N) is 2. The highest BCUT2D eigenvalue weighted by Crippen LogP contribution is 2.19. The summed E-state index contributed by atoms with van der Waals surface area (Å²) in [6, 6.07) is 4.08. The average Bonchev–Trinajstić information content (AvgIpc) is 3.19. The molecule has 0 spiro atoms. The summed E-state index contributed by atoms with van der Waals surface area (Å²) in [5.74, 6) is 1.05. The van der Waals surface area contributed by atoms with E-state index in [1.54, 1.807) is 0 Å². The summed E-state index contributed by atoms with van der Waals surface area (Å²) in [4.78, 5) is 6.82. The van der Waals surface area contributed by atoms with Crippen molar-refractivity contribution in [2.45, 2.75) is 31.8 Å². The number of ether oxygens (including phenoxy) is 1.